The van der Waals surface area contributed by atoms with Gasteiger partial charge >= 0.3 is 0 Å². The normalized spacial score (nSPS) is 23.9. The van der Waals surface area contributed by atoms with Crippen LogP contribution in [0, 0.1) is 36.0 Å². The molecular formula is C32H31FN6O5S. The van der Waals surface area contributed by atoms with Crippen LogP contribution in [0.25, 0.3) is 11.3 Å². The molecule has 2 fully saturated rings. The lowest BCUT2D eigenvalue weighted by atomic mass is 9.73. The summed E-state index contributed by atoms with van der Waals surface area (Å²) in [6.07, 6.45) is 3.36. The molecule has 0 radical (unpaired) electrons. The number of benzene rings is 1. The van der Waals surface area contributed by atoms with E-state index >= 15 is 0 Å². The summed E-state index contributed by atoms with van der Waals surface area (Å²) in [5, 5.41) is 27.7. The molecule has 3 aliphatic rings. The Hall–Kier alpha value is -4.38. The summed E-state index contributed by atoms with van der Waals surface area (Å²) < 4.78 is 52.3. The van der Waals surface area contributed by atoms with E-state index in [0.29, 0.717) is 54.9 Å². The van der Waals surface area contributed by atoms with Crippen molar-refractivity contribution in [1.29, 1.82) is 5.26 Å². The van der Waals surface area contributed by atoms with Crippen LogP contribution in [0.4, 0.5) is 10.1 Å². The molecule has 13 heteroatoms. The molecule has 232 valence electrons. The molecule has 2 atom stereocenters. The third-order valence-corrected chi connectivity index (χ3v) is 11.1. The number of sulfonamides is 1. The number of nitrogens with zero attached hydrogens (tertiary/aromatic N) is 4. The van der Waals surface area contributed by atoms with Crippen LogP contribution in [0.15, 0.2) is 57.9 Å². The SMILES string of the molecule is Cc1c(S(=O)(=O)NC2C3CCC2CC(O)(c2cc(-c4ccccc4)on2)C3)c2n(c1C(=O)Nc1cc(F)nc(C#N)c1)CCC2. The number of carbonyl (C=O) groups excluding carboxylic acids is 1. The first kappa shape index (κ1) is 29.3. The Morgan fingerprint density at radius 3 is 2.62 bits per heavy atom. The first-order valence-electron chi connectivity index (χ1n) is 14.9. The molecule has 3 aromatic heterocycles. The van der Waals surface area contributed by atoms with Gasteiger partial charge < -0.3 is 19.5 Å². The third-order valence-electron chi connectivity index (χ3n) is 9.46. The van der Waals surface area contributed by atoms with Gasteiger partial charge in [0.05, 0.1) is 0 Å². The van der Waals surface area contributed by atoms with Gasteiger partial charge in [-0.25, -0.2) is 18.1 Å². The molecule has 1 amide bonds. The van der Waals surface area contributed by atoms with Gasteiger partial charge in [0.25, 0.3) is 5.91 Å². The molecular weight excluding hydrogens is 599 g/mol. The summed E-state index contributed by atoms with van der Waals surface area (Å²) in [6, 6.07) is 14.9. The van der Waals surface area contributed by atoms with E-state index in [1.807, 2.05) is 30.3 Å². The van der Waals surface area contributed by atoms with Crippen molar-refractivity contribution in [3.05, 3.63) is 82.8 Å². The first-order valence-corrected chi connectivity index (χ1v) is 16.4. The number of halogens is 1. The second kappa shape index (κ2) is 10.9. The predicted octanol–water partition coefficient (Wildman–Crippen LogP) is 4.41. The number of pyridine rings is 1. The third kappa shape index (κ3) is 5.12. The fourth-order valence-corrected chi connectivity index (χ4v) is 9.49. The fourth-order valence-electron chi connectivity index (χ4n) is 7.60. The Bertz CT molecular complexity index is 1950. The standard InChI is InChI=1S/C32H31FN6O5S/c1-18-29(31(40)36-22-12-23(17-34)35-27(33)13-22)39-11-5-8-24(39)30(18)45(42,43)38-28-20-9-10-21(28)16-32(41,15-20)26-14-25(44-37-26)19-6-3-2-4-7-19/h2-4,6-7,12-14,20-21,28,38,41H,5,8-11,15-16H2,1H3,(H,35,36,40). The average Bonchev–Trinajstić information content (AvgIpc) is 3.77. The second-order valence-corrected chi connectivity index (χ2v) is 13.9. The van der Waals surface area contributed by atoms with Gasteiger partial charge in [-0.15, -0.1) is 0 Å². The Morgan fingerprint density at radius 2 is 1.91 bits per heavy atom. The fraction of sp³-hybridized carbons (Fsp3) is 0.375. The van der Waals surface area contributed by atoms with Crippen LogP contribution in [0.1, 0.15) is 65.2 Å². The van der Waals surface area contributed by atoms with Crippen molar-refractivity contribution in [2.45, 2.75) is 68.5 Å². The maximum atomic E-state index is 14.1. The lowest BCUT2D eigenvalue weighted by Crippen LogP contribution is -2.49. The van der Waals surface area contributed by atoms with Gasteiger partial charge in [0.15, 0.2) is 5.76 Å². The van der Waals surface area contributed by atoms with Crippen LogP contribution < -0.4 is 10.0 Å². The maximum Gasteiger partial charge on any atom is 0.272 e. The number of fused-ring (bicyclic) bond motifs is 3. The highest BCUT2D eigenvalue weighted by Gasteiger charge is 2.52. The van der Waals surface area contributed by atoms with Gasteiger partial charge in [0.1, 0.15) is 33.6 Å². The summed E-state index contributed by atoms with van der Waals surface area (Å²) in [4.78, 5) is 17.0. The number of hydrogen-bond donors (Lipinski definition) is 3. The highest BCUT2D eigenvalue weighted by molar-refractivity contribution is 7.89. The minimum atomic E-state index is -4.06. The average molecular weight is 631 g/mol. The van der Waals surface area contributed by atoms with E-state index in [1.165, 1.54) is 6.07 Å². The van der Waals surface area contributed by atoms with Crippen LogP contribution >= 0.6 is 0 Å². The molecule has 4 aromatic rings. The molecule has 1 aromatic carbocycles. The molecule has 2 saturated carbocycles. The Balaban J connectivity index is 1.13. The molecule has 2 aliphatic carbocycles. The number of aromatic nitrogens is 3. The molecule has 0 spiro atoms. The number of nitrogens with one attached hydrogen (secondary N) is 2. The largest absolute Gasteiger partial charge is 0.383 e. The zero-order chi connectivity index (χ0) is 31.5. The zero-order valence-electron chi connectivity index (χ0n) is 24.5. The molecule has 2 bridgehead atoms. The summed E-state index contributed by atoms with van der Waals surface area (Å²) >= 11 is 0. The number of amides is 1. The molecule has 7 rings (SSSR count). The molecule has 1 aliphatic heterocycles. The lowest BCUT2D eigenvalue weighted by molar-refractivity contribution is -0.0398. The Labute approximate surface area is 259 Å². The summed E-state index contributed by atoms with van der Waals surface area (Å²) in [5.41, 5.74) is 0.971. The van der Waals surface area contributed by atoms with Crippen molar-refractivity contribution >= 4 is 21.6 Å². The quantitative estimate of drug-likeness (QED) is 0.253. The maximum absolute atomic E-state index is 14.1. The zero-order valence-corrected chi connectivity index (χ0v) is 25.3. The number of aliphatic hydroxyl groups is 1. The smallest absolute Gasteiger partial charge is 0.272 e. The van der Waals surface area contributed by atoms with Crippen LogP contribution in [0.3, 0.4) is 0 Å². The van der Waals surface area contributed by atoms with Crippen LogP contribution in [0.5, 0.6) is 0 Å². The Morgan fingerprint density at radius 1 is 1.18 bits per heavy atom. The van der Waals surface area contributed by atoms with Gasteiger partial charge in [-0.3, -0.25) is 4.79 Å². The molecule has 45 heavy (non-hydrogen) atoms. The molecule has 3 N–H and O–H groups in total. The van der Waals surface area contributed by atoms with Crippen molar-refractivity contribution in [1.82, 2.24) is 19.4 Å². The van der Waals surface area contributed by atoms with E-state index in [9.17, 15) is 22.7 Å². The summed E-state index contributed by atoms with van der Waals surface area (Å²) in [6.45, 7) is 2.07. The Kier molecular flexibility index (Phi) is 7.11. The molecule has 11 nitrogen and oxygen atoms in total. The minimum absolute atomic E-state index is 0.0498. The number of nitriles is 1. The van der Waals surface area contributed by atoms with E-state index < -0.39 is 27.5 Å². The number of carbonyl (C=O) groups is 1. The topological polar surface area (TPSA) is 163 Å². The van der Waals surface area contributed by atoms with E-state index in [-0.39, 0.29) is 39.8 Å². The summed E-state index contributed by atoms with van der Waals surface area (Å²) in [7, 11) is -4.06. The van der Waals surface area contributed by atoms with Crippen molar-refractivity contribution in [2.75, 3.05) is 5.32 Å². The molecule has 2 unspecified atom stereocenters. The van der Waals surface area contributed by atoms with Gasteiger partial charge in [-0.05, 0) is 63.4 Å². The van der Waals surface area contributed by atoms with E-state index in [2.05, 4.69) is 20.2 Å². The van der Waals surface area contributed by atoms with Gasteiger partial charge in [0.2, 0.25) is 16.0 Å². The monoisotopic (exact) mass is 630 g/mol. The van der Waals surface area contributed by atoms with Crippen LogP contribution in [0.2, 0.25) is 0 Å². The lowest BCUT2D eigenvalue weighted by Gasteiger charge is -2.40. The van der Waals surface area contributed by atoms with Crippen molar-refractivity contribution < 1.29 is 27.2 Å². The summed E-state index contributed by atoms with van der Waals surface area (Å²) in [5.74, 6) is -1.18. The highest BCUT2D eigenvalue weighted by Crippen LogP contribution is 2.51. The van der Waals surface area contributed by atoms with Gasteiger partial charge in [-0.1, -0.05) is 35.5 Å². The van der Waals surface area contributed by atoms with Crippen molar-refractivity contribution in [2.24, 2.45) is 11.8 Å². The van der Waals surface area contributed by atoms with Crippen LogP contribution in [-0.4, -0.2) is 40.2 Å². The number of anilines is 1. The minimum Gasteiger partial charge on any atom is -0.383 e. The predicted molar refractivity (Wildman–Crippen MR) is 160 cm³/mol. The van der Waals surface area contributed by atoms with Crippen LogP contribution in [-0.2, 0) is 28.6 Å². The van der Waals surface area contributed by atoms with E-state index in [4.69, 9.17) is 9.78 Å². The molecule has 4 heterocycles. The second-order valence-electron chi connectivity index (χ2n) is 12.3. The van der Waals surface area contributed by atoms with Crippen molar-refractivity contribution in [3.8, 4) is 17.4 Å². The van der Waals surface area contributed by atoms with E-state index in [1.54, 1.807) is 23.6 Å². The first-order chi connectivity index (χ1) is 21.6. The van der Waals surface area contributed by atoms with Crippen molar-refractivity contribution in [3.63, 3.8) is 0 Å². The molecule has 0 saturated heterocycles. The highest BCUT2D eigenvalue weighted by atomic mass is 32.2. The van der Waals surface area contributed by atoms with Gasteiger partial charge in [0, 0.05) is 47.2 Å². The van der Waals surface area contributed by atoms with Gasteiger partial charge in [-0.2, -0.15) is 9.65 Å². The van der Waals surface area contributed by atoms with E-state index in [0.717, 1.165) is 24.5 Å². The number of hydrogen-bond acceptors (Lipinski definition) is 8. The number of rotatable bonds is 7.